The van der Waals surface area contributed by atoms with Gasteiger partial charge in [0.15, 0.2) is 11.5 Å². The molecular weight excluding hydrogens is 298 g/mol. The van der Waals surface area contributed by atoms with Gasteiger partial charge in [0.2, 0.25) is 0 Å². The number of fused-ring (bicyclic) bond motifs is 1. The Morgan fingerprint density at radius 2 is 1.94 bits per heavy atom. The fraction of sp³-hybridized carbons (Fsp3) is 0.455. The number of alkyl halides is 2. The molecule has 0 radical (unpaired) electrons. The Balaban J connectivity index is 2.38. The second-order valence-electron chi connectivity index (χ2n) is 3.66. The van der Waals surface area contributed by atoms with Crippen LogP contribution in [-0.4, -0.2) is 24.7 Å². The molecular formula is C11H11BrF2O3. The molecule has 1 unspecified atom stereocenters. The van der Waals surface area contributed by atoms with Crippen molar-refractivity contribution < 1.29 is 23.4 Å². The van der Waals surface area contributed by atoms with Gasteiger partial charge in [-0.05, 0) is 33.6 Å². The second kappa shape index (κ2) is 5.18. The van der Waals surface area contributed by atoms with Gasteiger partial charge in [0, 0.05) is 6.42 Å². The van der Waals surface area contributed by atoms with E-state index in [2.05, 4.69) is 15.9 Å². The standard InChI is InChI=1S/C11H11BrF2O3/c12-7-4-6(9(15)11(13)14)5-8-10(7)17-3-1-2-16-8/h4-5,9,11,15H,1-3H2. The lowest BCUT2D eigenvalue weighted by molar-refractivity contribution is -0.00593. The average molecular weight is 309 g/mol. The van der Waals surface area contributed by atoms with Gasteiger partial charge in [-0.25, -0.2) is 8.78 Å². The third-order valence-corrected chi connectivity index (χ3v) is 2.99. The zero-order valence-corrected chi connectivity index (χ0v) is 10.4. The van der Waals surface area contributed by atoms with Crippen LogP contribution in [-0.2, 0) is 0 Å². The van der Waals surface area contributed by atoms with Gasteiger partial charge in [0.1, 0.15) is 6.10 Å². The predicted molar refractivity (Wildman–Crippen MR) is 60.7 cm³/mol. The maximum atomic E-state index is 12.4. The van der Waals surface area contributed by atoms with E-state index in [9.17, 15) is 13.9 Å². The molecule has 0 aliphatic carbocycles. The summed E-state index contributed by atoms with van der Waals surface area (Å²) in [6, 6.07) is 2.81. The monoisotopic (exact) mass is 308 g/mol. The normalized spacial score (nSPS) is 16.8. The first-order chi connectivity index (χ1) is 8.09. The fourth-order valence-corrected chi connectivity index (χ4v) is 2.14. The SMILES string of the molecule is OC(c1cc(Br)c2c(c1)OCCCO2)C(F)F. The van der Waals surface area contributed by atoms with E-state index in [1.165, 1.54) is 12.1 Å². The number of halogens is 3. The molecule has 1 heterocycles. The van der Waals surface area contributed by atoms with E-state index in [1.807, 2.05) is 0 Å². The van der Waals surface area contributed by atoms with E-state index in [0.29, 0.717) is 29.2 Å². The van der Waals surface area contributed by atoms with E-state index in [1.54, 1.807) is 0 Å². The summed E-state index contributed by atoms with van der Waals surface area (Å²) in [5.74, 6) is 0.874. The van der Waals surface area contributed by atoms with Gasteiger partial charge in [0.05, 0.1) is 17.7 Å². The number of benzene rings is 1. The molecule has 0 saturated carbocycles. The summed E-state index contributed by atoms with van der Waals surface area (Å²) in [6.07, 6.45) is -3.91. The van der Waals surface area contributed by atoms with E-state index in [4.69, 9.17) is 9.47 Å². The summed E-state index contributed by atoms with van der Waals surface area (Å²) in [4.78, 5) is 0. The molecule has 0 saturated heterocycles. The van der Waals surface area contributed by atoms with Crippen molar-refractivity contribution in [1.82, 2.24) is 0 Å². The minimum Gasteiger partial charge on any atom is -0.490 e. The highest BCUT2D eigenvalue weighted by atomic mass is 79.9. The summed E-state index contributed by atoms with van der Waals surface area (Å²) in [7, 11) is 0. The highest BCUT2D eigenvalue weighted by Crippen LogP contribution is 2.40. The molecule has 0 spiro atoms. The van der Waals surface area contributed by atoms with Crippen LogP contribution in [0.15, 0.2) is 16.6 Å². The van der Waals surface area contributed by atoms with Crippen LogP contribution in [0, 0.1) is 0 Å². The molecule has 1 N–H and O–H groups in total. The van der Waals surface area contributed by atoms with Crippen LogP contribution in [0.1, 0.15) is 18.1 Å². The predicted octanol–water partition coefficient (Wildman–Crippen LogP) is 2.91. The molecule has 0 fully saturated rings. The number of ether oxygens (including phenoxy) is 2. The topological polar surface area (TPSA) is 38.7 Å². The fourth-order valence-electron chi connectivity index (χ4n) is 1.57. The van der Waals surface area contributed by atoms with Crippen molar-refractivity contribution in [3.05, 3.63) is 22.2 Å². The van der Waals surface area contributed by atoms with Crippen molar-refractivity contribution in [3.8, 4) is 11.5 Å². The van der Waals surface area contributed by atoms with Gasteiger partial charge in [-0.1, -0.05) is 0 Å². The van der Waals surface area contributed by atoms with Crippen LogP contribution >= 0.6 is 15.9 Å². The molecule has 2 rings (SSSR count). The molecule has 0 amide bonds. The van der Waals surface area contributed by atoms with Crippen molar-refractivity contribution in [1.29, 1.82) is 0 Å². The highest BCUT2D eigenvalue weighted by Gasteiger charge is 2.23. The first-order valence-electron chi connectivity index (χ1n) is 5.15. The first-order valence-corrected chi connectivity index (χ1v) is 5.94. The van der Waals surface area contributed by atoms with Gasteiger partial charge in [-0.3, -0.25) is 0 Å². The Kier molecular flexibility index (Phi) is 3.83. The Morgan fingerprint density at radius 3 is 2.65 bits per heavy atom. The average Bonchev–Trinajstić information content (AvgIpc) is 2.53. The Hall–Kier alpha value is -0.880. The van der Waals surface area contributed by atoms with Gasteiger partial charge in [-0.2, -0.15) is 0 Å². The Bertz CT molecular complexity index is 412. The van der Waals surface area contributed by atoms with Crippen molar-refractivity contribution in [2.24, 2.45) is 0 Å². The minimum absolute atomic E-state index is 0.108. The van der Waals surface area contributed by atoms with Crippen LogP contribution in [0.25, 0.3) is 0 Å². The molecule has 17 heavy (non-hydrogen) atoms. The van der Waals surface area contributed by atoms with Crippen molar-refractivity contribution in [2.75, 3.05) is 13.2 Å². The second-order valence-corrected chi connectivity index (χ2v) is 4.51. The Morgan fingerprint density at radius 1 is 1.24 bits per heavy atom. The molecule has 94 valence electrons. The smallest absolute Gasteiger partial charge is 0.268 e. The molecule has 6 heteroatoms. The molecule has 1 aliphatic rings. The van der Waals surface area contributed by atoms with Crippen molar-refractivity contribution in [2.45, 2.75) is 19.0 Å². The van der Waals surface area contributed by atoms with Crippen molar-refractivity contribution >= 4 is 15.9 Å². The number of rotatable bonds is 2. The Labute approximate surface area is 105 Å². The maximum absolute atomic E-state index is 12.4. The van der Waals surface area contributed by atoms with Crippen LogP contribution in [0.5, 0.6) is 11.5 Å². The quantitative estimate of drug-likeness (QED) is 0.913. The van der Waals surface area contributed by atoms with E-state index >= 15 is 0 Å². The lowest BCUT2D eigenvalue weighted by Gasteiger charge is -2.14. The van der Waals surface area contributed by atoms with Crippen molar-refractivity contribution in [3.63, 3.8) is 0 Å². The summed E-state index contributed by atoms with van der Waals surface area (Å²) in [6.45, 7) is 0.982. The van der Waals surface area contributed by atoms with Crippen LogP contribution in [0.2, 0.25) is 0 Å². The lowest BCUT2D eigenvalue weighted by atomic mass is 10.1. The number of hydrogen-bond donors (Lipinski definition) is 1. The summed E-state index contributed by atoms with van der Waals surface area (Å²) in [5, 5.41) is 9.33. The first kappa shape index (κ1) is 12.6. The summed E-state index contributed by atoms with van der Waals surface area (Å²) in [5.41, 5.74) is 0.108. The molecule has 1 atom stereocenters. The molecule has 0 aromatic heterocycles. The third kappa shape index (κ3) is 2.69. The number of hydrogen-bond acceptors (Lipinski definition) is 3. The number of aliphatic hydroxyl groups is 1. The van der Waals surface area contributed by atoms with Gasteiger partial charge >= 0.3 is 0 Å². The third-order valence-electron chi connectivity index (χ3n) is 2.40. The summed E-state index contributed by atoms with van der Waals surface area (Å²) < 4.78 is 36.2. The largest absolute Gasteiger partial charge is 0.490 e. The van der Waals surface area contributed by atoms with Gasteiger partial charge in [0.25, 0.3) is 6.43 Å². The van der Waals surface area contributed by atoms with Gasteiger partial charge in [-0.15, -0.1) is 0 Å². The van der Waals surface area contributed by atoms with E-state index in [0.717, 1.165) is 6.42 Å². The molecule has 1 aliphatic heterocycles. The summed E-state index contributed by atoms with van der Waals surface area (Å²) >= 11 is 3.22. The number of aliphatic hydroxyl groups excluding tert-OH is 1. The molecule has 3 nitrogen and oxygen atoms in total. The zero-order chi connectivity index (χ0) is 12.4. The maximum Gasteiger partial charge on any atom is 0.268 e. The zero-order valence-electron chi connectivity index (χ0n) is 8.83. The van der Waals surface area contributed by atoms with E-state index < -0.39 is 12.5 Å². The van der Waals surface area contributed by atoms with Crippen LogP contribution < -0.4 is 9.47 Å². The van der Waals surface area contributed by atoms with Crippen LogP contribution in [0.3, 0.4) is 0 Å². The highest BCUT2D eigenvalue weighted by molar-refractivity contribution is 9.10. The van der Waals surface area contributed by atoms with E-state index in [-0.39, 0.29) is 5.56 Å². The lowest BCUT2D eigenvalue weighted by Crippen LogP contribution is -2.08. The molecule has 0 bridgehead atoms. The van der Waals surface area contributed by atoms with Gasteiger partial charge < -0.3 is 14.6 Å². The molecule has 1 aromatic carbocycles. The molecule has 1 aromatic rings. The minimum atomic E-state index is -2.83. The van der Waals surface area contributed by atoms with Crippen LogP contribution in [0.4, 0.5) is 8.78 Å².